The van der Waals surface area contributed by atoms with Crippen molar-refractivity contribution in [3.8, 4) is 0 Å². The summed E-state index contributed by atoms with van der Waals surface area (Å²) in [7, 11) is 0. The summed E-state index contributed by atoms with van der Waals surface area (Å²) in [5.74, 6) is 0.986. The third kappa shape index (κ3) is 0.672. The Morgan fingerprint density at radius 1 is 1.50 bits per heavy atom. The highest BCUT2D eigenvalue weighted by molar-refractivity contribution is 6.16. The van der Waals surface area contributed by atoms with Crippen LogP contribution in [0.25, 0.3) is 11.3 Å². The molecule has 52 valence electrons. The lowest BCUT2D eigenvalue weighted by Crippen LogP contribution is -1.79. The number of aromatic amines is 1. The molecular formula is C4H3ClN4O. The molecule has 0 saturated carbocycles. The van der Waals surface area contributed by atoms with Gasteiger partial charge in [-0.25, -0.2) is 9.61 Å². The Morgan fingerprint density at radius 2 is 2.40 bits per heavy atom. The SMILES string of the molecule is ClCc1nc2nonc2[nH]1. The molecule has 0 spiro atoms. The number of halogens is 1. The lowest BCUT2D eigenvalue weighted by atomic mass is 10.7. The average molecular weight is 159 g/mol. The van der Waals surface area contributed by atoms with Crippen LogP contribution in [0.15, 0.2) is 4.63 Å². The minimum atomic E-state index is 0.331. The molecule has 0 aliphatic carbocycles. The second-order valence-corrected chi connectivity index (χ2v) is 2.02. The van der Waals surface area contributed by atoms with Crippen molar-refractivity contribution in [2.24, 2.45) is 0 Å². The minimum Gasteiger partial charge on any atom is -0.321 e. The smallest absolute Gasteiger partial charge is 0.243 e. The number of hydrogen-bond acceptors (Lipinski definition) is 4. The summed E-state index contributed by atoms with van der Waals surface area (Å²) in [5.41, 5.74) is 1.01. The van der Waals surface area contributed by atoms with E-state index in [0.29, 0.717) is 23.0 Å². The van der Waals surface area contributed by atoms with Crippen LogP contribution in [0.3, 0.4) is 0 Å². The van der Waals surface area contributed by atoms with Gasteiger partial charge in [-0.2, -0.15) is 0 Å². The Kier molecular flexibility index (Phi) is 1.10. The molecule has 0 aliphatic heterocycles. The lowest BCUT2D eigenvalue weighted by molar-refractivity contribution is 0.313. The Balaban J connectivity index is 2.67. The van der Waals surface area contributed by atoms with Crippen molar-refractivity contribution < 1.29 is 4.63 Å². The molecule has 0 saturated heterocycles. The van der Waals surface area contributed by atoms with Gasteiger partial charge in [0, 0.05) is 0 Å². The number of rotatable bonds is 1. The normalized spacial score (nSPS) is 10.9. The number of hydrogen-bond donors (Lipinski definition) is 1. The average Bonchev–Trinajstić information content (AvgIpc) is 2.42. The quantitative estimate of drug-likeness (QED) is 0.620. The zero-order valence-electron chi connectivity index (χ0n) is 4.83. The number of nitrogens with zero attached hydrogens (tertiary/aromatic N) is 3. The Labute approximate surface area is 60.3 Å². The number of alkyl halides is 1. The molecule has 2 rings (SSSR count). The van der Waals surface area contributed by atoms with Gasteiger partial charge in [0.25, 0.3) is 0 Å². The van der Waals surface area contributed by atoms with Crippen molar-refractivity contribution in [2.75, 3.05) is 0 Å². The van der Waals surface area contributed by atoms with Gasteiger partial charge in [-0.15, -0.1) is 11.6 Å². The monoisotopic (exact) mass is 158 g/mol. The van der Waals surface area contributed by atoms with Gasteiger partial charge < -0.3 is 4.98 Å². The minimum absolute atomic E-state index is 0.331. The molecule has 0 amide bonds. The van der Waals surface area contributed by atoms with Gasteiger partial charge in [0.2, 0.25) is 11.3 Å². The molecule has 5 nitrogen and oxygen atoms in total. The zero-order chi connectivity index (χ0) is 6.97. The van der Waals surface area contributed by atoms with Gasteiger partial charge in [-0.05, 0) is 10.3 Å². The fourth-order valence-corrected chi connectivity index (χ4v) is 0.818. The predicted octanol–water partition coefficient (Wildman–Crippen LogP) is 0.685. The first-order valence-electron chi connectivity index (χ1n) is 2.63. The van der Waals surface area contributed by atoms with Crippen LogP contribution in [0, 0.1) is 0 Å². The molecule has 10 heavy (non-hydrogen) atoms. The zero-order valence-corrected chi connectivity index (χ0v) is 5.59. The molecule has 0 bridgehead atoms. The third-order valence-electron chi connectivity index (χ3n) is 1.10. The summed E-state index contributed by atoms with van der Waals surface area (Å²) in [6, 6.07) is 0. The molecule has 2 aromatic rings. The van der Waals surface area contributed by atoms with Crippen molar-refractivity contribution >= 4 is 22.9 Å². The summed E-state index contributed by atoms with van der Waals surface area (Å²) in [6.45, 7) is 0. The standard InChI is InChI=1S/C4H3ClN4O/c5-1-2-6-3-4(7-2)9-10-8-3/h1H2,(H,6,7,8,9). The summed E-state index contributed by atoms with van der Waals surface area (Å²) >= 11 is 5.48. The number of fused-ring (bicyclic) bond motifs is 1. The van der Waals surface area contributed by atoms with E-state index in [9.17, 15) is 0 Å². The van der Waals surface area contributed by atoms with Gasteiger partial charge in [-0.3, -0.25) is 0 Å². The molecular weight excluding hydrogens is 156 g/mol. The van der Waals surface area contributed by atoms with Gasteiger partial charge >= 0.3 is 0 Å². The van der Waals surface area contributed by atoms with Crippen LogP contribution in [0.2, 0.25) is 0 Å². The van der Waals surface area contributed by atoms with E-state index < -0.39 is 0 Å². The largest absolute Gasteiger partial charge is 0.321 e. The second-order valence-electron chi connectivity index (χ2n) is 1.75. The molecule has 0 atom stereocenters. The molecule has 0 unspecified atom stereocenters. The Hall–Kier alpha value is -1.10. The summed E-state index contributed by atoms with van der Waals surface area (Å²) in [6.07, 6.45) is 0. The first-order valence-corrected chi connectivity index (χ1v) is 3.16. The van der Waals surface area contributed by atoms with E-state index in [1.807, 2.05) is 0 Å². The van der Waals surface area contributed by atoms with Crippen molar-refractivity contribution in [3.05, 3.63) is 5.82 Å². The van der Waals surface area contributed by atoms with E-state index in [4.69, 9.17) is 11.6 Å². The number of H-pyrrole nitrogens is 1. The van der Waals surface area contributed by atoms with Crippen LogP contribution >= 0.6 is 11.6 Å². The first-order chi connectivity index (χ1) is 4.90. The van der Waals surface area contributed by atoms with Gasteiger partial charge in [-0.1, -0.05) is 0 Å². The van der Waals surface area contributed by atoms with E-state index in [0.717, 1.165) is 0 Å². The van der Waals surface area contributed by atoms with Crippen molar-refractivity contribution in [1.29, 1.82) is 0 Å². The molecule has 0 fully saturated rings. The fourth-order valence-electron chi connectivity index (χ4n) is 0.692. The van der Waals surface area contributed by atoms with Gasteiger partial charge in [0.05, 0.1) is 5.88 Å². The van der Waals surface area contributed by atoms with E-state index in [-0.39, 0.29) is 0 Å². The highest BCUT2D eigenvalue weighted by Crippen LogP contribution is 2.05. The Bertz CT molecular complexity index is 311. The van der Waals surface area contributed by atoms with Gasteiger partial charge in [0.1, 0.15) is 5.82 Å². The molecule has 2 aromatic heterocycles. The molecule has 1 N–H and O–H groups in total. The van der Waals surface area contributed by atoms with Gasteiger partial charge in [0.15, 0.2) is 0 Å². The van der Waals surface area contributed by atoms with Crippen LogP contribution in [-0.4, -0.2) is 20.3 Å². The number of nitrogens with one attached hydrogen (secondary N) is 1. The number of aromatic nitrogens is 4. The van der Waals surface area contributed by atoms with E-state index in [2.05, 4.69) is 24.9 Å². The fraction of sp³-hybridized carbons (Fsp3) is 0.250. The van der Waals surface area contributed by atoms with E-state index in [1.165, 1.54) is 0 Å². The molecule has 0 radical (unpaired) electrons. The van der Waals surface area contributed by atoms with Crippen LogP contribution in [0.5, 0.6) is 0 Å². The predicted molar refractivity (Wildman–Crippen MR) is 33.5 cm³/mol. The van der Waals surface area contributed by atoms with Crippen LogP contribution in [0.1, 0.15) is 5.82 Å². The third-order valence-corrected chi connectivity index (χ3v) is 1.35. The van der Waals surface area contributed by atoms with Crippen molar-refractivity contribution in [2.45, 2.75) is 5.88 Å². The molecule has 0 aromatic carbocycles. The molecule has 2 heterocycles. The van der Waals surface area contributed by atoms with Crippen LogP contribution < -0.4 is 0 Å². The first kappa shape index (κ1) is 5.67. The van der Waals surface area contributed by atoms with E-state index in [1.54, 1.807) is 0 Å². The number of imidazole rings is 1. The summed E-state index contributed by atoms with van der Waals surface area (Å²) in [4.78, 5) is 6.75. The maximum atomic E-state index is 5.48. The van der Waals surface area contributed by atoms with Crippen LogP contribution in [0.4, 0.5) is 0 Å². The van der Waals surface area contributed by atoms with Crippen LogP contribution in [-0.2, 0) is 5.88 Å². The van der Waals surface area contributed by atoms with Crippen molar-refractivity contribution in [1.82, 2.24) is 20.3 Å². The summed E-state index contributed by atoms with van der Waals surface area (Å²) < 4.78 is 4.37. The molecule has 6 heteroatoms. The topological polar surface area (TPSA) is 67.6 Å². The van der Waals surface area contributed by atoms with E-state index >= 15 is 0 Å². The van der Waals surface area contributed by atoms with Crippen molar-refractivity contribution in [3.63, 3.8) is 0 Å². The molecule has 0 aliphatic rings. The highest BCUT2D eigenvalue weighted by Gasteiger charge is 2.05. The Morgan fingerprint density at radius 3 is 3.10 bits per heavy atom. The maximum absolute atomic E-state index is 5.48. The summed E-state index contributed by atoms with van der Waals surface area (Å²) in [5, 5.41) is 7.02. The maximum Gasteiger partial charge on any atom is 0.243 e. The lowest BCUT2D eigenvalue weighted by Gasteiger charge is -1.78. The second kappa shape index (κ2) is 1.95. The highest BCUT2D eigenvalue weighted by atomic mass is 35.5.